The number of quaternary nitrogens is 1. The fourth-order valence-electron chi connectivity index (χ4n) is 4.23. The number of aliphatic hydroxyl groups is 1. The minimum atomic E-state index is -0.419. The Balaban J connectivity index is 1.56. The lowest BCUT2D eigenvalue weighted by Gasteiger charge is -2.39. The first-order valence-electron chi connectivity index (χ1n) is 10.4. The molecule has 0 aromatic heterocycles. The zero-order valence-corrected chi connectivity index (χ0v) is 16.6. The van der Waals surface area contributed by atoms with Crippen LogP contribution in [0, 0.1) is 6.92 Å². The second-order valence-electron chi connectivity index (χ2n) is 8.18. The molecule has 3 nitrogen and oxygen atoms in total. The SMILES string of the molecule is Cc1ccc(COC[C@H](O)C[N+]2(Cc3ccccc3)CCCCCC2)cc1. The van der Waals surface area contributed by atoms with E-state index in [1.807, 2.05) is 0 Å². The molecule has 0 spiro atoms. The maximum Gasteiger partial charge on any atom is 0.126 e. The molecule has 1 N–H and O–H groups in total. The molecule has 1 saturated heterocycles. The first-order valence-corrected chi connectivity index (χ1v) is 10.4. The largest absolute Gasteiger partial charge is 0.385 e. The van der Waals surface area contributed by atoms with Crippen LogP contribution in [0.3, 0.4) is 0 Å². The van der Waals surface area contributed by atoms with Gasteiger partial charge in [0.05, 0.1) is 26.3 Å². The van der Waals surface area contributed by atoms with E-state index in [-0.39, 0.29) is 0 Å². The van der Waals surface area contributed by atoms with Gasteiger partial charge in [-0.1, -0.05) is 60.2 Å². The van der Waals surface area contributed by atoms with Gasteiger partial charge in [0.2, 0.25) is 0 Å². The van der Waals surface area contributed by atoms with Crippen molar-refractivity contribution in [2.75, 3.05) is 26.2 Å². The van der Waals surface area contributed by atoms with E-state index >= 15 is 0 Å². The van der Waals surface area contributed by atoms with Crippen molar-refractivity contribution < 1.29 is 14.3 Å². The molecule has 1 heterocycles. The topological polar surface area (TPSA) is 29.5 Å². The molecule has 27 heavy (non-hydrogen) atoms. The normalized spacial score (nSPS) is 18.0. The molecule has 1 atom stereocenters. The summed E-state index contributed by atoms with van der Waals surface area (Å²) in [5.41, 5.74) is 3.79. The van der Waals surface area contributed by atoms with E-state index in [1.54, 1.807) is 0 Å². The van der Waals surface area contributed by atoms with Crippen LogP contribution in [0.2, 0.25) is 0 Å². The van der Waals surface area contributed by atoms with Crippen molar-refractivity contribution in [2.45, 2.75) is 51.9 Å². The van der Waals surface area contributed by atoms with Gasteiger partial charge in [0, 0.05) is 5.56 Å². The van der Waals surface area contributed by atoms with Gasteiger partial charge in [0.1, 0.15) is 19.2 Å². The van der Waals surface area contributed by atoms with Crippen molar-refractivity contribution in [1.82, 2.24) is 0 Å². The second-order valence-corrected chi connectivity index (χ2v) is 8.18. The Labute approximate surface area is 164 Å². The van der Waals surface area contributed by atoms with Crippen LogP contribution in [0.25, 0.3) is 0 Å². The van der Waals surface area contributed by atoms with Crippen LogP contribution in [0.15, 0.2) is 54.6 Å². The molecule has 0 amide bonds. The second kappa shape index (κ2) is 10.0. The lowest BCUT2D eigenvalue weighted by atomic mass is 10.1. The predicted octanol–water partition coefficient (Wildman–Crippen LogP) is 4.46. The minimum Gasteiger partial charge on any atom is -0.385 e. The summed E-state index contributed by atoms with van der Waals surface area (Å²) in [5, 5.41) is 10.7. The molecule has 0 aliphatic carbocycles. The molecular formula is C24H34NO2+. The van der Waals surface area contributed by atoms with E-state index in [2.05, 4.69) is 61.5 Å². The summed E-state index contributed by atoms with van der Waals surface area (Å²) in [4.78, 5) is 0. The third-order valence-electron chi connectivity index (χ3n) is 5.67. The molecule has 3 rings (SSSR count). The third-order valence-corrected chi connectivity index (χ3v) is 5.67. The van der Waals surface area contributed by atoms with Crippen LogP contribution in [0.4, 0.5) is 0 Å². The quantitative estimate of drug-likeness (QED) is 0.697. The molecule has 146 valence electrons. The van der Waals surface area contributed by atoms with Crippen LogP contribution in [-0.2, 0) is 17.9 Å². The highest BCUT2D eigenvalue weighted by molar-refractivity contribution is 5.20. The van der Waals surface area contributed by atoms with E-state index in [0.717, 1.165) is 36.2 Å². The summed E-state index contributed by atoms with van der Waals surface area (Å²) in [7, 11) is 0. The molecule has 1 aliphatic heterocycles. The molecule has 0 saturated carbocycles. The lowest BCUT2D eigenvalue weighted by molar-refractivity contribution is -0.943. The van der Waals surface area contributed by atoms with Gasteiger partial charge in [0.25, 0.3) is 0 Å². The number of aliphatic hydroxyl groups excluding tert-OH is 1. The van der Waals surface area contributed by atoms with Crippen LogP contribution in [-0.4, -0.2) is 41.9 Å². The number of hydrogen-bond donors (Lipinski definition) is 1. The van der Waals surface area contributed by atoms with Gasteiger partial charge < -0.3 is 14.3 Å². The molecule has 0 unspecified atom stereocenters. The molecule has 1 aliphatic rings. The van der Waals surface area contributed by atoms with Gasteiger partial charge in [0.15, 0.2) is 0 Å². The van der Waals surface area contributed by atoms with Gasteiger partial charge in [-0.25, -0.2) is 0 Å². The number of hydrogen-bond acceptors (Lipinski definition) is 2. The molecule has 3 heteroatoms. The summed E-state index contributed by atoms with van der Waals surface area (Å²) in [6.45, 7) is 7.16. The summed E-state index contributed by atoms with van der Waals surface area (Å²) in [6, 6.07) is 19.1. The van der Waals surface area contributed by atoms with Crippen LogP contribution >= 0.6 is 0 Å². The van der Waals surface area contributed by atoms with Gasteiger partial charge in [-0.05, 0) is 38.2 Å². The maximum absolute atomic E-state index is 10.7. The number of rotatable bonds is 8. The number of aryl methyl sites for hydroxylation is 1. The van der Waals surface area contributed by atoms with Gasteiger partial charge in [-0.3, -0.25) is 0 Å². The summed E-state index contributed by atoms with van der Waals surface area (Å²) >= 11 is 0. The molecule has 1 fully saturated rings. The van der Waals surface area contributed by atoms with Crippen molar-refractivity contribution in [3.8, 4) is 0 Å². The maximum atomic E-state index is 10.7. The fourth-order valence-corrected chi connectivity index (χ4v) is 4.23. The van der Waals surface area contributed by atoms with Crippen molar-refractivity contribution >= 4 is 0 Å². The zero-order valence-electron chi connectivity index (χ0n) is 16.6. The number of ether oxygens (including phenoxy) is 1. The highest BCUT2D eigenvalue weighted by Gasteiger charge is 2.31. The minimum absolute atomic E-state index is 0.405. The Morgan fingerprint density at radius 1 is 0.889 bits per heavy atom. The van der Waals surface area contributed by atoms with E-state index in [4.69, 9.17) is 4.74 Å². The highest BCUT2D eigenvalue weighted by Crippen LogP contribution is 2.23. The number of benzene rings is 2. The van der Waals surface area contributed by atoms with Crippen molar-refractivity contribution in [2.24, 2.45) is 0 Å². The zero-order chi connectivity index (χ0) is 19.0. The predicted molar refractivity (Wildman–Crippen MR) is 110 cm³/mol. The van der Waals surface area contributed by atoms with E-state index in [1.165, 1.54) is 36.8 Å². The van der Waals surface area contributed by atoms with Crippen LogP contribution in [0.1, 0.15) is 42.4 Å². The van der Waals surface area contributed by atoms with Crippen molar-refractivity contribution in [3.63, 3.8) is 0 Å². The van der Waals surface area contributed by atoms with Crippen LogP contribution in [0.5, 0.6) is 0 Å². The van der Waals surface area contributed by atoms with E-state index in [9.17, 15) is 5.11 Å². The lowest BCUT2D eigenvalue weighted by Crippen LogP contribution is -2.53. The molecule has 0 radical (unpaired) electrons. The Bertz CT molecular complexity index is 661. The van der Waals surface area contributed by atoms with Gasteiger partial charge in [-0.15, -0.1) is 0 Å². The monoisotopic (exact) mass is 368 g/mol. The average Bonchev–Trinajstić information content (AvgIpc) is 2.89. The Kier molecular flexibility index (Phi) is 7.45. The standard InChI is InChI=1S/C24H34NO2/c1-21-11-13-23(14-12-21)19-27-20-24(26)18-25(15-7-2-3-8-16-25)17-22-9-5-4-6-10-22/h4-6,9-14,24,26H,2-3,7-8,15-20H2,1H3/q+1/t24-/m1/s1. The van der Waals surface area contributed by atoms with Crippen LogP contribution < -0.4 is 0 Å². The number of nitrogens with zero attached hydrogens (tertiary/aromatic N) is 1. The Morgan fingerprint density at radius 2 is 1.56 bits per heavy atom. The highest BCUT2D eigenvalue weighted by atomic mass is 16.5. The van der Waals surface area contributed by atoms with Crippen molar-refractivity contribution in [3.05, 3.63) is 71.3 Å². The Morgan fingerprint density at radius 3 is 2.22 bits per heavy atom. The van der Waals surface area contributed by atoms with Gasteiger partial charge in [-0.2, -0.15) is 0 Å². The summed E-state index contributed by atoms with van der Waals surface area (Å²) in [6.07, 6.45) is 4.72. The van der Waals surface area contributed by atoms with Crippen molar-refractivity contribution in [1.29, 1.82) is 0 Å². The third kappa shape index (κ3) is 6.46. The fraction of sp³-hybridized carbons (Fsp3) is 0.500. The molecule has 2 aromatic rings. The molecule has 0 bridgehead atoms. The first-order chi connectivity index (χ1) is 13.2. The molecule has 2 aromatic carbocycles. The van der Waals surface area contributed by atoms with Gasteiger partial charge >= 0.3 is 0 Å². The van der Waals surface area contributed by atoms with E-state index in [0.29, 0.717) is 13.2 Å². The smallest absolute Gasteiger partial charge is 0.126 e. The van der Waals surface area contributed by atoms with E-state index < -0.39 is 6.10 Å². The summed E-state index contributed by atoms with van der Waals surface area (Å²) in [5.74, 6) is 0. The first kappa shape index (κ1) is 20.1. The average molecular weight is 369 g/mol. The summed E-state index contributed by atoms with van der Waals surface area (Å²) < 4.78 is 6.81. The molecular weight excluding hydrogens is 334 g/mol. The number of likely N-dealkylation sites (tertiary alicyclic amines) is 1. The Hall–Kier alpha value is -1.68.